The smallest absolute Gasteiger partial charge is 0.410 e. The normalized spacial score (nSPS) is 28.8. The van der Waals surface area contributed by atoms with Crippen molar-refractivity contribution < 1.29 is 19.1 Å². The molecule has 1 aromatic heterocycles. The average molecular weight is 425 g/mol. The molecule has 3 heterocycles. The number of amides is 3. The van der Waals surface area contributed by atoms with Crippen molar-refractivity contribution >= 4 is 17.9 Å². The molecule has 3 aliphatic rings. The first-order valence-electron chi connectivity index (χ1n) is 10.6. The Morgan fingerprint density at radius 2 is 2.29 bits per heavy atom. The summed E-state index contributed by atoms with van der Waals surface area (Å²) in [5.74, 6) is -0.484. The number of carbonyl (C=O) groups excluding carboxylic acids is 3. The summed E-state index contributed by atoms with van der Waals surface area (Å²) in [6.45, 7) is 5.29. The summed E-state index contributed by atoms with van der Waals surface area (Å²) in [5.41, 5.74) is 0.719. The van der Waals surface area contributed by atoms with Crippen molar-refractivity contribution in [2.75, 3.05) is 13.1 Å². The summed E-state index contributed by atoms with van der Waals surface area (Å²) in [4.78, 5) is 43.2. The van der Waals surface area contributed by atoms with E-state index < -0.39 is 18.2 Å². The van der Waals surface area contributed by atoms with E-state index in [1.54, 1.807) is 18.5 Å². The van der Waals surface area contributed by atoms with Crippen LogP contribution in [0.5, 0.6) is 0 Å². The van der Waals surface area contributed by atoms with Crippen molar-refractivity contribution in [1.29, 1.82) is 5.26 Å². The lowest BCUT2D eigenvalue weighted by atomic mass is 9.97. The number of nitriles is 1. The molecule has 2 saturated heterocycles. The Kier molecular flexibility index (Phi) is 5.56. The molecule has 0 aromatic carbocycles. The van der Waals surface area contributed by atoms with Crippen LogP contribution in [0.4, 0.5) is 4.79 Å². The Morgan fingerprint density at radius 1 is 1.48 bits per heavy atom. The lowest BCUT2D eigenvalue weighted by Gasteiger charge is -2.30. The highest BCUT2D eigenvalue weighted by Gasteiger charge is 2.69. The molecule has 1 aromatic rings. The third-order valence-electron chi connectivity index (χ3n) is 6.95. The number of nitrogens with one attached hydrogen (secondary N) is 2. The van der Waals surface area contributed by atoms with Crippen LogP contribution < -0.4 is 10.6 Å². The van der Waals surface area contributed by atoms with Gasteiger partial charge in [-0.1, -0.05) is 19.9 Å². The van der Waals surface area contributed by atoms with Crippen molar-refractivity contribution in [2.45, 2.75) is 45.4 Å². The SMILES string of the molecule is CC1(C)[C@@H]2[C@@H](C(=O)N[C@H](C#N)C[C@@H]3CCNC3=O)N(C(=O)OCc3cccnc3)C[C@@H]21. The molecule has 3 fully saturated rings. The lowest BCUT2D eigenvalue weighted by molar-refractivity contribution is -0.127. The maximum absolute atomic E-state index is 13.2. The quantitative estimate of drug-likeness (QED) is 0.706. The van der Waals surface area contributed by atoms with Crippen LogP contribution in [0.1, 0.15) is 32.3 Å². The highest BCUT2D eigenvalue weighted by molar-refractivity contribution is 5.88. The van der Waals surface area contributed by atoms with Gasteiger partial charge in [-0.25, -0.2) is 4.79 Å². The van der Waals surface area contributed by atoms with Gasteiger partial charge in [-0.3, -0.25) is 19.5 Å². The van der Waals surface area contributed by atoms with E-state index in [9.17, 15) is 19.6 Å². The highest BCUT2D eigenvalue weighted by Crippen LogP contribution is 2.64. The molecule has 0 bridgehead atoms. The zero-order chi connectivity index (χ0) is 22.2. The van der Waals surface area contributed by atoms with Gasteiger partial charge in [-0.05, 0) is 36.2 Å². The number of rotatable bonds is 6. The largest absolute Gasteiger partial charge is 0.444 e. The van der Waals surface area contributed by atoms with Crippen LogP contribution >= 0.6 is 0 Å². The minimum atomic E-state index is -0.782. The number of pyridine rings is 1. The highest BCUT2D eigenvalue weighted by atomic mass is 16.6. The second kappa shape index (κ2) is 8.17. The fourth-order valence-electron chi connectivity index (χ4n) is 5.04. The van der Waals surface area contributed by atoms with Crippen LogP contribution in [0, 0.1) is 34.5 Å². The van der Waals surface area contributed by atoms with E-state index in [0.29, 0.717) is 19.5 Å². The van der Waals surface area contributed by atoms with E-state index in [4.69, 9.17) is 4.74 Å². The van der Waals surface area contributed by atoms with Gasteiger partial charge in [0, 0.05) is 37.0 Å². The van der Waals surface area contributed by atoms with E-state index in [0.717, 1.165) is 5.56 Å². The van der Waals surface area contributed by atoms with Crippen LogP contribution in [-0.2, 0) is 20.9 Å². The molecule has 9 nitrogen and oxygen atoms in total. The summed E-state index contributed by atoms with van der Waals surface area (Å²) < 4.78 is 5.43. The maximum Gasteiger partial charge on any atom is 0.410 e. The van der Waals surface area contributed by atoms with Crippen LogP contribution in [-0.4, -0.2) is 53.0 Å². The van der Waals surface area contributed by atoms with E-state index >= 15 is 0 Å². The molecule has 0 radical (unpaired) electrons. The molecule has 1 saturated carbocycles. The van der Waals surface area contributed by atoms with Crippen molar-refractivity contribution in [2.24, 2.45) is 23.2 Å². The summed E-state index contributed by atoms with van der Waals surface area (Å²) in [7, 11) is 0. The molecule has 0 unspecified atom stereocenters. The molecule has 1 aliphatic carbocycles. The number of fused-ring (bicyclic) bond motifs is 1. The Labute approximate surface area is 181 Å². The lowest BCUT2D eigenvalue weighted by Crippen LogP contribution is -2.52. The molecular formula is C22H27N5O4. The maximum atomic E-state index is 13.2. The summed E-state index contributed by atoms with van der Waals surface area (Å²) in [6, 6.07) is 4.20. The second-order valence-corrected chi connectivity index (χ2v) is 9.17. The summed E-state index contributed by atoms with van der Waals surface area (Å²) >= 11 is 0. The molecular weight excluding hydrogens is 398 g/mol. The number of aromatic nitrogens is 1. The minimum Gasteiger partial charge on any atom is -0.444 e. The van der Waals surface area contributed by atoms with Gasteiger partial charge in [-0.2, -0.15) is 5.26 Å². The fraction of sp³-hybridized carbons (Fsp3) is 0.591. The zero-order valence-electron chi connectivity index (χ0n) is 17.7. The molecule has 164 valence electrons. The van der Waals surface area contributed by atoms with Crippen molar-refractivity contribution in [3.63, 3.8) is 0 Å². The predicted molar refractivity (Wildman–Crippen MR) is 109 cm³/mol. The topological polar surface area (TPSA) is 124 Å². The van der Waals surface area contributed by atoms with Gasteiger partial charge >= 0.3 is 6.09 Å². The van der Waals surface area contributed by atoms with E-state index in [1.165, 1.54) is 4.90 Å². The van der Waals surface area contributed by atoms with E-state index in [-0.39, 0.29) is 48.0 Å². The molecule has 5 atom stereocenters. The van der Waals surface area contributed by atoms with Gasteiger partial charge in [0.25, 0.3) is 0 Å². The molecule has 2 N–H and O–H groups in total. The first kappa shape index (κ1) is 21.1. The minimum absolute atomic E-state index is 0.0209. The average Bonchev–Trinajstić information content (AvgIpc) is 3.13. The van der Waals surface area contributed by atoms with E-state index in [1.807, 2.05) is 6.07 Å². The number of hydrogen-bond acceptors (Lipinski definition) is 6. The first-order valence-corrected chi connectivity index (χ1v) is 10.6. The molecule has 0 spiro atoms. The Morgan fingerprint density at radius 3 is 2.94 bits per heavy atom. The zero-order valence-corrected chi connectivity index (χ0v) is 17.7. The number of ether oxygens (including phenoxy) is 1. The molecule has 4 rings (SSSR count). The third-order valence-corrected chi connectivity index (χ3v) is 6.95. The van der Waals surface area contributed by atoms with Crippen LogP contribution in [0.3, 0.4) is 0 Å². The van der Waals surface area contributed by atoms with Gasteiger partial charge in [0.15, 0.2) is 0 Å². The number of nitrogens with zero attached hydrogens (tertiary/aromatic N) is 3. The number of hydrogen-bond donors (Lipinski definition) is 2. The van der Waals surface area contributed by atoms with Crippen LogP contribution in [0.25, 0.3) is 0 Å². The van der Waals surface area contributed by atoms with Gasteiger partial charge in [0.2, 0.25) is 11.8 Å². The first-order chi connectivity index (χ1) is 14.8. The number of piperidine rings is 1. The van der Waals surface area contributed by atoms with Gasteiger partial charge in [0.1, 0.15) is 18.7 Å². The standard InChI is InChI=1S/C22H27N5O4/c1-22(2)16-11-27(21(30)31-12-13-4-3-6-24-10-13)18(17(16)22)20(29)26-15(9-23)8-14-5-7-25-19(14)28/h3-4,6,10,14-18H,5,7-8,11-12H2,1-2H3,(H,25,28)(H,26,29)/t14-,15-,16-,17-,18-/m0/s1. The Hall–Kier alpha value is -3.15. The van der Waals surface area contributed by atoms with Crippen molar-refractivity contribution in [3.8, 4) is 6.07 Å². The fourth-order valence-corrected chi connectivity index (χ4v) is 5.04. The number of carbonyl (C=O) groups is 3. The van der Waals surface area contributed by atoms with Gasteiger partial charge < -0.3 is 15.4 Å². The monoisotopic (exact) mass is 425 g/mol. The predicted octanol–water partition coefficient (Wildman–Crippen LogP) is 1.21. The summed E-state index contributed by atoms with van der Waals surface area (Å²) in [6.07, 6.45) is 3.64. The Bertz CT molecular complexity index is 912. The van der Waals surface area contributed by atoms with Gasteiger partial charge in [0.05, 0.1) is 6.07 Å². The molecule has 3 amide bonds. The van der Waals surface area contributed by atoms with Crippen molar-refractivity contribution in [3.05, 3.63) is 30.1 Å². The van der Waals surface area contributed by atoms with Gasteiger partial charge in [-0.15, -0.1) is 0 Å². The third kappa shape index (κ3) is 4.07. The molecule has 31 heavy (non-hydrogen) atoms. The van der Waals surface area contributed by atoms with E-state index in [2.05, 4.69) is 35.5 Å². The van der Waals surface area contributed by atoms with Crippen LogP contribution in [0.15, 0.2) is 24.5 Å². The molecule has 2 aliphatic heterocycles. The Balaban J connectivity index is 1.41. The van der Waals surface area contributed by atoms with Crippen LogP contribution in [0.2, 0.25) is 0 Å². The summed E-state index contributed by atoms with van der Waals surface area (Å²) in [5, 5.41) is 15.0. The number of likely N-dealkylation sites (tertiary alicyclic amines) is 1. The molecule has 9 heteroatoms. The van der Waals surface area contributed by atoms with Crippen molar-refractivity contribution in [1.82, 2.24) is 20.5 Å². The second-order valence-electron chi connectivity index (χ2n) is 9.17.